The number of aryl methyl sites for hydroxylation is 1. The smallest absolute Gasteiger partial charge is 0.199 e. The molecule has 50 heavy (non-hydrogen) atoms. The van der Waals surface area contributed by atoms with E-state index < -0.39 is 22.5 Å². The number of fused-ring (bicyclic) bond motifs is 1. The summed E-state index contributed by atoms with van der Waals surface area (Å²) in [5, 5.41) is 35.1. The number of hydrogen-bond acceptors (Lipinski definition) is 8. The average Bonchev–Trinajstić information content (AvgIpc) is 3.64. The predicted molar refractivity (Wildman–Crippen MR) is 197 cm³/mol. The summed E-state index contributed by atoms with van der Waals surface area (Å²) in [6.07, 6.45) is 12.5. The number of aliphatic hydroxyl groups is 3. The van der Waals surface area contributed by atoms with E-state index in [4.69, 9.17) is 9.47 Å². The van der Waals surface area contributed by atoms with Gasteiger partial charge in [0.25, 0.3) is 0 Å². The van der Waals surface area contributed by atoms with E-state index in [1.165, 1.54) is 0 Å². The molecule has 2 bridgehead atoms. The molecular weight excluding hydrogens is 647 g/mol. The summed E-state index contributed by atoms with van der Waals surface area (Å²) in [5.41, 5.74) is -0.330. The molecule has 6 aliphatic rings. The highest BCUT2D eigenvalue weighted by molar-refractivity contribution is 7.14. The van der Waals surface area contributed by atoms with E-state index in [-0.39, 0.29) is 41.2 Å². The number of ketones is 1. The molecule has 8 rings (SSSR count). The Morgan fingerprint density at radius 3 is 2.50 bits per heavy atom. The van der Waals surface area contributed by atoms with E-state index in [2.05, 4.69) is 43.9 Å². The highest BCUT2D eigenvalue weighted by atomic mass is 32.1. The summed E-state index contributed by atoms with van der Waals surface area (Å²) in [6.45, 7) is 9.60. The van der Waals surface area contributed by atoms with Crippen molar-refractivity contribution < 1.29 is 29.6 Å². The number of ether oxygens (including phenoxy) is 2. The molecule has 1 aromatic carbocycles. The molecule has 7 nitrogen and oxygen atoms in total. The van der Waals surface area contributed by atoms with Crippen LogP contribution in [0.2, 0.25) is 0 Å². The Morgan fingerprint density at radius 1 is 1.02 bits per heavy atom. The molecule has 6 aliphatic carbocycles. The van der Waals surface area contributed by atoms with Crippen LogP contribution >= 0.6 is 11.3 Å². The van der Waals surface area contributed by atoms with Crippen molar-refractivity contribution in [3.63, 3.8) is 0 Å². The Morgan fingerprint density at radius 2 is 1.76 bits per heavy atom. The van der Waals surface area contributed by atoms with Gasteiger partial charge < -0.3 is 24.8 Å². The van der Waals surface area contributed by atoms with Crippen LogP contribution in [0.1, 0.15) is 85.3 Å². The molecule has 1 aromatic heterocycles. The molecule has 0 radical (unpaired) electrons. The number of benzene rings is 1. The Hall–Kier alpha value is -2.17. The van der Waals surface area contributed by atoms with E-state index >= 15 is 0 Å². The zero-order chi connectivity index (χ0) is 35.4. The molecule has 0 amide bonds. The van der Waals surface area contributed by atoms with Crippen molar-refractivity contribution in [2.45, 2.75) is 96.6 Å². The molecule has 3 saturated carbocycles. The van der Waals surface area contributed by atoms with Gasteiger partial charge in [-0.1, -0.05) is 62.4 Å². The quantitative estimate of drug-likeness (QED) is 0.114. The first-order valence-electron chi connectivity index (χ1n) is 18.9. The fourth-order valence-corrected chi connectivity index (χ4v) is 12.4. The molecule has 0 aliphatic heterocycles. The summed E-state index contributed by atoms with van der Waals surface area (Å²) in [6, 6.07) is 14.0. The second kappa shape index (κ2) is 13.7. The summed E-state index contributed by atoms with van der Waals surface area (Å²) >= 11 is 1.57. The monoisotopic (exact) mass is 703 g/mol. The fourth-order valence-electron chi connectivity index (χ4n) is 11.6. The summed E-state index contributed by atoms with van der Waals surface area (Å²) in [4.78, 5) is 18.8. The number of rotatable bonds is 14. The van der Waals surface area contributed by atoms with Gasteiger partial charge in [0, 0.05) is 60.0 Å². The van der Waals surface area contributed by atoms with Crippen LogP contribution in [0.3, 0.4) is 0 Å². The molecule has 3 N–H and O–H groups in total. The van der Waals surface area contributed by atoms with E-state index in [1.54, 1.807) is 18.4 Å². The van der Waals surface area contributed by atoms with Crippen LogP contribution < -0.4 is 0 Å². The van der Waals surface area contributed by atoms with Crippen LogP contribution in [0.5, 0.6) is 0 Å². The first kappa shape index (κ1) is 36.2. The predicted octanol–water partition coefficient (Wildman–Crippen LogP) is 6.75. The van der Waals surface area contributed by atoms with Crippen LogP contribution in [-0.4, -0.2) is 83.8 Å². The van der Waals surface area contributed by atoms with E-state index in [0.29, 0.717) is 45.7 Å². The van der Waals surface area contributed by atoms with Crippen molar-refractivity contribution in [1.82, 2.24) is 4.90 Å². The summed E-state index contributed by atoms with van der Waals surface area (Å²) in [5.74, 6) is 0.478. The van der Waals surface area contributed by atoms with Crippen molar-refractivity contribution in [3.8, 4) is 0 Å². The number of carbonyl (C=O) groups is 1. The minimum absolute atomic E-state index is 0.0613. The van der Waals surface area contributed by atoms with Gasteiger partial charge in [0.2, 0.25) is 0 Å². The number of aliphatic hydroxyl groups excluding tert-OH is 2. The number of nitrogens with zero attached hydrogens (tertiary/aromatic N) is 1. The SMILES string of the molecule is COCCCN(C[C@@H](O)COCc1ccccc1)C[C@]1(O)CC[C@H]2[C@]34C=C[C@@]5(C=C3C(=O)c3ccc(C)s3)CC(O)CC[C@]5(C)[C@H]4CC[C@@]21C. The lowest BCUT2D eigenvalue weighted by molar-refractivity contribution is -0.177. The van der Waals surface area contributed by atoms with Crippen molar-refractivity contribution in [3.05, 3.63) is 81.6 Å². The minimum Gasteiger partial charge on any atom is -0.393 e. The van der Waals surface area contributed by atoms with E-state index in [0.717, 1.165) is 59.4 Å². The van der Waals surface area contributed by atoms with Crippen LogP contribution in [0, 0.1) is 40.4 Å². The third-order valence-electron chi connectivity index (χ3n) is 14.1. The molecule has 1 unspecified atom stereocenters. The van der Waals surface area contributed by atoms with Gasteiger partial charge in [-0.25, -0.2) is 0 Å². The van der Waals surface area contributed by atoms with E-state index in [1.807, 2.05) is 42.5 Å². The first-order valence-corrected chi connectivity index (χ1v) is 19.7. The lowest BCUT2D eigenvalue weighted by Crippen LogP contribution is -2.67. The molecular formula is C42H57NO6S. The maximum absolute atomic E-state index is 14.7. The lowest BCUT2D eigenvalue weighted by Gasteiger charge is -2.71. The fraction of sp³-hybridized carbons (Fsp3) is 0.643. The summed E-state index contributed by atoms with van der Waals surface area (Å²) in [7, 11) is 1.71. The number of methoxy groups -OCH3 is 1. The molecule has 8 heteroatoms. The van der Waals surface area contributed by atoms with Crippen molar-refractivity contribution in [1.29, 1.82) is 0 Å². The van der Waals surface area contributed by atoms with Crippen LogP contribution in [-0.2, 0) is 16.1 Å². The largest absolute Gasteiger partial charge is 0.393 e. The number of allylic oxidation sites excluding steroid dienone is 4. The van der Waals surface area contributed by atoms with Gasteiger partial charge in [-0.3, -0.25) is 9.69 Å². The number of thiophene rings is 1. The number of Topliss-reactive ketones (excluding diaryl/α,β-unsaturated/α-hetero) is 1. The molecule has 9 atom stereocenters. The third-order valence-corrected chi connectivity index (χ3v) is 15.1. The highest BCUT2D eigenvalue weighted by Gasteiger charge is 2.74. The highest BCUT2D eigenvalue weighted by Crippen LogP contribution is 2.78. The van der Waals surface area contributed by atoms with Crippen LogP contribution in [0.4, 0.5) is 0 Å². The standard InChI is InChI=1S/C42H57NO6S/c1-29-11-12-34(50-29)37(46)33-24-40-19-20-42(33)35(38(40,2)16-13-31(44)23-40)14-17-39(3)36(42)15-18-41(39,47)28-43(21-8-22-48-4)25-32(45)27-49-26-30-9-6-5-7-10-30/h5-7,9-12,19-20,24,31-32,35-36,44-45,47H,8,13-18,21-23,25-28H2,1-4H3/t31?,32-,35-,36-,38-,39+,40+,41-,42-/m1/s1. The maximum atomic E-state index is 14.7. The summed E-state index contributed by atoms with van der Waals surface area (Å²) < 4.78 is 11.3. The average molecular weight is 704 g/mol. The van der Waals surface area contributed by atoms with Gasteiger partial charge in [-0.2, -0.15) is 0 Å². The third kappa shape index (κ3) is 5.82. The van der Waals surface area contributed by atoms with Crippen molar-refractivity contribution in [2.75, 3.05) is 40.0 Å². The second-order valence-corrected chi connectivity index (χ2v) is 18.1. The van der Waals surface area contributed by atoms with Crippen molar-refractivity contribution in [2.24, 2.45) is 33.5 Å². The van der Waals surface area contributed by atoms with Gasteiger partial charge in [-0.15, -0.1) is 11.3 Å². The number of hydrogen-bond donors (Lipinski definition) is 3. The Bertz CT molecular complexity index is 1610. The Balaban J connectivity index is 1.18. The molecule has 2 aromatic rings. The van der Waals surface area contributed by atoms with Gasteiger partial charge >= 0.3 is 0 Å². The Labute approximate surface area is 302 Å². The van der Waals surface area contributed by atoms with E-state index in [9.17, 15) is 20.1 Å². The Kier molecular flexibility index (Phi) is 9.90. The number of carbonyl (C=O) groups excluding carboxylic acids is 1. The van der Waals surface area contributed by atoms with Gasteiger partial charge in [0.15, 0.2) is 5.78 Å². The van der Waals surface area contributed by atoms with Crippen LogP contribution in [0.15, 0.2) is 66.3 Å². The van der Waals surface area contributed by atoms with Gasteiger partial charge in [0.1, 0.15) is 0 Å². The van der Waals surface area contributed by atoms with Crippen molar-refractivity contribution >= 4 is 17.1 Å². The molecule has 3 fully saturated rings. The van der Waals surface area contributed by atoms with Gasteiger partial charge in [0.05, 0.1) is 35.9 Å². The first-order chi connectivity index (χ1) is 23.9. The topological polar surface area (TPSA) is 99.5 Å². The molecule has 2 spiro atoms. The second-order valence-electron chi connectivity index (χ2n) is 16.8. The minimum atomic E-state index is -0.994. The zero-order valence-corrected chi connectivity index (χ0v) is 31.2. The molecule has 272 valence electrons. The molecule has 1 heterocycles. The maximum Gasteiger partial charge on any atom is 0.199 e. The van der Waals surface area contributed by atoms with Crippen LogP contribution in [0.25, 0.3) is 0 Å². The van der Waals surface area contributed by atoms with Gasteiger partial charge in [-0.05, 0) is 93.2 Å². The molecule has 0 saturated heterocycles. The normalized spacial score (nSPS) is 37.7. The zero-order valence-electron chi connectivity index (χ0n) is 30.4. The lowest BCUT2D eigenvalue weighted by atomic mass is 9.32.